The van der Waals surface area contributed by atoms with Gasteiger partial charge in [-0.2, -0.15) is 0 Å². The molecule has 0 fully saturated rings. The van der Waals surface area contributed by atoms with Gasteiger partial charge in [-0.3, -0.25) is 0 Å². The van der Waals surface area contributed by atoms with Gasteiger partial charge in [0.15, 0.2) is 0 Å². The Hall–Kier alpha value is -1.12. The minimum absolute atomic E-state index is 0.237. The lowest BCUT2D eigenvalue weighted by Crippen LogP contribution is -2.25. The molecule has 0 saturated heterocycles. The summed E-state index contributed by atoms with van der Waals surface area (Å²) < 4.78 is 12.8. The van der Waals surface area contributed by atoms with E-state index in [1.807, 2.05) is 19.9 Å². The van der Waals surface area contributed by atoms with Crippen LogP contribution in [0.1, 0.15) is 26.1 Å². The van der Waals surface area contributed by atoms with Crippen LogP contribution < -0.4 is 10.7 Å². The zero-order valence-electron chi connectivity index (χ0n) is 7.61. The van der Waals surface area contributed by atoms with Crippen LogP contribution >= 0.6 is 0 Å². The number of aromatic amines is 1. The molecule has 0 radical (unpaired) electrons. The van der Waals surface area contributed by atoms with E-state index in [-0.39, 0.29) is 5.83 Å². The van der Waals surface area contributed by atoms with Crippen LogP contribution in [-0.2, 0) is 0 Å². The fraction of sp³-hybridized carbons (Fsp3) is 0.444. The first-order chi connectivity index (χ1) is 5.65. The highest BCUT2D eigenvalue weighted by molar-refractivity contribution is 5.31. The van der Waals surface area contributed by atoms with Gasteiger partial charge >= 0.3 is 0 Å². The van der Waals surface area contributed by atoms with Crippen LogP contribution in [0.3, 0.4) is 0 Å². The molecule has 1 heterocycles. The van der Waals surface area contributed by atoms with Gasteiger partial charge < -0.3 is 4.98 Å². The van der Waals surface area contributed by atoms with E-state index in [0.717, 1.165) is 17.6 Å². The molecule has 0 aliphatic rings. The number of aryl methyl sites for hydroxylation is 1. The van der Waals surface area contributed by atoms with E-state index in [4.69, 9.17) is 0 Å². The second kappa shape index (κ2) is 3.52. The summed E-state index contributed by atoms with van der Waals surface area (Å²) in [4.78, 5) is 7.03. The first kappa shape index (κ1) is 8.97. The molecule has 3 heteroatoms. The van der Waals surface area contributed by atoms with Gasteiger partial charge in [0.25, 0.3) is 0 Å². The van der Waals surface area contributed by atoms with E-state index in [1.54, 1.807) is 0 Å². The van der Waals surface area contributed by atoms with E-state index >= 15 is 0 Å². The lowest BCUT2D eigenvalue weighted by atomic mass is 10.4. The van der Waals surface area contributed by atoms with Crippen LogP contribution in [0.15, 0.2) is 0 Å². The molecule has 1 rings (SSSR count). The quantitative estimate of drug-likeness (QED) is 0.666. The van der Waals surface area contributed by atoms with Crippen LogP contribution in [0.25, 0.3) is 11.9 Å². The van der Waals surface area contributed by atoms with Gasteiger partial charge in [0.2, 0.25) is 0 Å². The Kier molecular flexibility index (Phi) is 2.63. The molecule has 0 saturated carbocycles. The molecule has 0 spiro atoms. The van der Waals surface area contributed by atoms with Gasteiger partial charge in [0, 0.05) is 0 Å². The second-order valence-corrected chi connectivity index (χ2v) is 2.73. The van der Waals surface area contributed by atoms with Crippen LogP contribution in [0.4, 0.5) is 4.39 Å². The third-order valence-electron chi connectivity index (χ3n) is 1.58. The molecule has 0 aliphatic carbocycles. The largest absolute Gasteiger partial charge is 0.342 e. The fourth-order valence-corrected chi connectivity index (χ4v) is 1.12. The average molecular weight is 168 g/mol. The summed E-state index contributed by atoms with van der Waals surface area (Å²) in [5, 5.41) is 1.23. The van der Waals surface area contributed by atoms with Crippen molar-refractivity contribution in [3.05, 3.63) is 16.5 Å². The van der Waals surface area contributed by atoms with Gasteiger partial charge in [-0.25, -0.2) is 9.37 Å². The summed E-state index contributed by atoms with van der Waals surface area (Å²) in [6, 6.07) is 0. The van der Waals surface area contributed by atoms with Crippen molar-refractivity contribution in [1.29, 1.82) is 0 Å². The zero-order valence-corrected chi connectivity index (χ0v) is 7.61. The summed E-state index contributed by atoms with van der Waals surface area (Å²) in [7, 11) is 0. The molecule has 2 nitrogen and oxygen atoms in total. The molecule has 66 valence electrons. The molecular weight excluding hydrogens is 155 g/mol. The molecule has 0 atom stereocenters. The maximum atomic E-state index is 12.8. The Labute approximate surface area is 70.8 Å². The number of nitrogens with zero attached hydrogens (tertiary/aromatic N) is 1. The standard InChI is InChI=1S/C9H13FN2/c1-4-5-8-9(6(2)10)12-7(3)11-8/h5H,4H2,1-3H3,(H,11,12)/b8-5+,9-6-. The Morgan fingerprint density at radius 2 is 2.33 bits per heavy atom. The van der Waals surface area contributed by atoms with Crippen LogP contribution in [-0.4, -0.2) is 9.97 Å². The van der Waals surface area contributed by atoms with Gasteiger partial charge in [0.1, 0.15) is 17.0 Å². The lowest BCUT2D eigenvalue weighted by Gasteiger charge is -1.79. The monoisotopic (exact) mass is 168 g/mol. The summed E-state index contributed by atoms with van der Waals surface area (Å²) in [6.07, 6.45) is 2.81. The minimum Gasteiger partial charge on any atom is -0.342 e. The predicted molar refractivity (Wildman–Crippen MR) is 47.5 cm³/mol. The maximum absolute atomic E-state index is 12.8. The number of hydrogen-bond donors (Lipinski definition) is 1. The smallest absolute Gasteiger partial charge is 0.125 e. The van der Waals surface area contributed by atoms with Crippen LogP contribution in [0.2, 0.25) is 0 Å². The van der Waals surface area contributed by atoms with Gasteiger partial charge in [0.05, 0.1) is 5.35 Å². The molecule has 1 aromatic heterocycles. The summed E-state index contributed by atoms with van der Waals surface area (Å²) in [5.74, 6) is 0.515. The van der Waals surface area contributed by atoms with Crippen LogP contribution in [0, 0.1) is 6.92 Å². The maximum Gasteiger partial charge on any atom is 0.125 e. The van der Waals surface area contributed by atoms with Crippen molar-refractivity contribution >= 4 is 11.9 Å². The second-order valence-electron chi connectivity index (χ2n) is 2.73. The Balaban J connectivity index is 3.49. The number of rotatable bonds is 1. The molecule has 0 amide bonds. The number of hydrogen-bond acceptors (Lipinski definition) is 1. The zero-order chi connectivity index (χ0) is 9.14. The average Bonchev–Trinajstić information content (AvgIpc) is 2.32. The molecule has 1 N–H and O–H groups in total. The number of aromatic nitrogens is 2. The van der Waals surface area contributed by atoms with Crippen molar-refractivity contribution in [3.63, 3.8) is 0 Å². The first-order valence-corrected chi connectivity index (χ1v) is 4.04. The molecule has 0 unspecified atom stereocenters. The molecule has 12 heavy (non-hydrogen) atoms. The summed E-state index contributed by atoms with van der Waals surface area (Å²) in [5.41, 5.74) is 0. The highest BCUT2D eigenvalue weighted by Gasteiger charge is 1.95. The molecular formula is C9H13FN2. The van der Waals surface area contributed by atoms with Crippen molar-refractivity contribution < 1.29 is 4.39 Å². The SMILES string of the molecule is CC/C=c1/[nH]c(C)n/c1=C(/C)F. The molecule has 0 bridgehead atoms. The van der Waals surface area contributed by atoms with Crippen molar-refractivity contribution in [2.45, 2.75) is 27.2 Å². The van der Waals surface area contributed by atoms with E-state index < -0.39 is 0 Å². The van der Waals surface area contributed by atoms with Crippen molar-refractivity contribution in [2.24, 2.45) is 0 Å². The van der Waals surface area contributed by atoms with Gasteiger partial charge in [-0.05, 0) is 20.3 Å². The van der Waals surface area contributed by atoms with Crippen LogP contribution in [0.5, 0.6) is 0 Å². The highest BCUT2D eigenvalue weighted by atomic mass is 19.1. The molecule has 0 aliphatic heterocycles. The third-order valence-corrected chi connectivity index (χ3v) is 1.58. The van der Waals surface area contributed by atoms with E-state index in [1.165, 1.54) is 6.92 Å². The lowest BCUT2D eigenvalue weighted by molar-refractivity contribution is 0.735. The molecule has 1 aromatic rings. The Morgan fingerprint density at radius 1 is 1.67 bits per heavy atom. The Morgan fingerprint density at radius 3 is 2.83 bits per heavy atom. The highest BCUT2D eigenvalue weighted by Crippen LogP contribution is 1.87. The summed E-state index contributed by atoms with van der Waals surface area (Å²) >= 11 is 0. The Bertz CT molecular complexity index is 372. The number of halogens is 1. The number of imidazole rings is 1. The van der Waals surface area contributed by atoms with Crippen molar-refractivity contribution in [3.8, 4) is 0 Å². The molecule has 0 aromatic carbocycles. The number of nitrogens with one attached hydrogen (secondary N) is 1. The van der Waals surface area contributed by atoms with E-state index in [9.17, 15) is 4.39 Å². The third kappa shape index (κ3) is 1.72. The first-order valence-electron chi connectivity index (χ1n) is 4.04. The van der Waals surface area contributed by atoms with Crippen molar-refractivity contribution in [1.82, 2.24) is 9.97 Å². The fourth-order valence-electron chi connectivity index (χ4n) is 1.12. The number of H-pyrrole nitrogens is 1. The topological polar surface area (TPSA) is 28.7 Å². The van der Waals surface area contributed by atoms with Gasteiger partial charge in [-0.1, -0.05) is 13.0 Å². The van der Waals surface area contributed by atoms with Crippen molar-refractivity contribution in [2.75, 3.05) is 0 Å². The van der Waals surface area contributed by atoms with E-state index in [0.29, 0.717) is 5.35 Å². The van der Waals surface area contributed by atoms with Gasteiger partial charge in [-0.15, -0.1) is 0 Å². The summed E-state index contributed by atoms with van der Waals surface area (Å²) in [6.45, 7) is 5.25. The normalized spacial score (nSPS) is 15.2. The predicted octanol–water partition coefficient (Wildman–Crippen LogP) is 1.01. The van der Waals surface area contributed by atoms with E-state index in [2.05, 4.69) is 9.97 Å². The minimum atomic E-state index is -0.237.